The first-order chi connectivity index (χ1) is 11.2. The van der Waals surface area contributed by atoms with Crippen LogP contribution >= 0.6 is 24.0 Å². The van der Waals surface area contributed by atoms with Gasteiger partial charge in [0.1, 0.15) is 5.75 Å². The zero-order valence-electron chi connectivity index (χ0n) is 14.5. The minimum atomic E-state index is 0. The van der Waals surface area contributed by atoms with Crippen LogP contribution in [0.15, 0.2) is 53.5 Å². The van der Waals surface area contributed by atoms with E-state index in [9.17, 15) is 0 Å². The van der Waals surface area contributed by atoms with E-state index in [1.165, 1.54) is 11.1 Å². The molecule has 2 aromatic carbocycles. The molecule has 2 N–H and O–H groups in total. The molecule has 0 aliphatic carbocycles. The summed E-state index contributed by atoms with van der Waals surface area (Å²) in [6, 6.07) is 16.6. The Kier molecular flexibility index (Phi) is 9.22. The number of guanidine groups is 1. The fourth-order valence-electron chi connectivity index (χ4n) is 2.43. The van der Waals surface area contributed by atoms with Crippen LogP contribution in [0.3, 0.4) is 0 Å². The summed E-state index contributed by atoms with van der Waals surface area (Å²) in [6.07, 6.45) is 0.975. The predicted molar refractivity (Wildman–Crippen MR) is 111 cm³/mol. The first kappa shape index (κ1) is 20.3. The molecule has 0 atom stereocenters. The highest BCUT2D eigenvalue weighted by Crippen LogP contribution is 2.18. The van der Waals surface area contributed by atoms with E-state index in [0.29, 0.717) is 0 Å². The smallest absolute Gasteiger partial charge is 0.191 e. The van der Waals surface area contributed by atoms with Gasteiger partial charge in [0.25, 0.3) is 0 Å². The highest BCUT2D eigenvalue weighted by Gasteiger charge is 2.02. The summed E-state index contributed by atoms with van der Waals surface area (Å²) in [6.45, 7) is 3.64. The van der Waals surface area contributed by atoms with Gasteiger partial charge in [-0.3, -0.25) is 4.99 Å². The van der Waals surface area contributed by atoms with E-state index < -0.39 is 0 Å². The Balaban J connectivity index is 0.00000288. The minimum absolute atomic E-state index is 0. The van der Waals surface area contributed by atoms with E-state index in [1.807, 2.05) is 12.1 Å². The second-order valence-electron chi connectivity index (χ2n) is 5.39. The van der Waals surface area contributed by atoms with Crippen LogP contribution < -0.4 is 15.4 Å². The van der Waals surface area contributed by atoms with Gasteiger partial charge in [-0.15, -0.1) is 24.0 Å². The molecule has 130 valence electrons. The van der Waals surface area contributed by atoms with Crippen molar-refractivity contribution in [3.63, 3.8) is 0 Å². The summed E-state index contributed by atoms with van der Waals surface area (Å²) in [4.78, 5) is 4.26. The van der Waals surface area contributed by atoms with Gasteiger partial charge in [0.15, 0.2) is 5.96 Å². The molecule has 0 saturated heterocycles. The zero-order chi connectivity index (χ0) is 16.5. The molecule has 0 fully saturated rings. The van der Waals surface area contributed by atoms with Crippen molar-refractivity contribution in [1.82, 2.24) is 10.6 Å². The number of hydrogen-bond acceptors (Lipinski definition) is 2. The highest BCUT2D eigenvalue weighted by atomic mass is 127. The third-order valence-electron chi connectivity index (χ3n) is 3.69. The van der Waals surface area contributed by atoms with Crippen molar-refractivity contribution < 1.29 is 4.74 Å². The highest BCUT2D eigenvalue weighted by molar-refractivity contribution is 14.0. The molecule has 5 heteroatoms. The Morgan fingerprint density at radius 2 is 1.79 bits per heavy atom. The van der Waals surface area contributed by atoms with E-state index in [0.717, 1.165) is 36.8 Å². The van der Waals surface area contributed by atoms with Crippen LogP contribution in [-0.4, -0.2) is 26.7 Å². The molecule has 0 aliphatic heterocycles. The van der Waals surface area contributed by atoms with Crippen molar-refractivity contribution in [2.45, 2.75) is 19.9 Å². The molecular weight excluding hydrogens is 413 g/mol. The van der Waals surface area contributed by atoms with Gasteiger partial charge in [0.05, 0.1) is 7.11 Å². The van der Waals surface area contributed by atoms with E-state index >= 15 is 0 Å². The second kappa shape index (κ2) is 10.9. The maximum Gasteiger partial charge on any atom is 0.191 e. The molecule has 0 bridgehead atoms. The molecule has 0 radical (unpaired) electrons. The quantitative estimate of drug-likeness (QED) is 0.411. The first-order valence-electron chi connectivity index (χ1n) is 7.85. The Labute approximate surface area is 161 Å². The Hall–Kier alpha value is -1.76. The molecule has 2 rings (SSSR count). The number of benzene rings is 2. The van der Waals surface area contributed by atoms with Crippen LogP contribution in [0.5, 0.6) is 5.75 Å². The third kappa shape index (κ3) is 6.39. The molecule has 2 aromatic rings. The molecule has 0 unspecified atom stereocenters. The summed E-state index contributed by atoms with van der Waals surface area (Å²) in [5, 5.41) is 6.67. The number of methoxy groups -OCH3 is 1. The Morgan fingerprint density at radius 3 is 2.42 bits per heavy atom. The van der Waals surface area contributed by atoms with Crippen LogP contribution in [0.2, 0.25) is 0 Å². The molecular formula is C19H26IN3O. The lowest BCUT2D eigenvalue weighted by atomic mass is 10.1. The van der Waals surface area contributed by atoms with Gasteiger partial charge in [-0.1, -0.05) is 42.5 Å². The van der Waals surface area contributed by atoms with Crippen LogP contribution in [-0.2, 0) is 13.0 Å². The summed E-state index contributed by atoms with van der Waals surface area (Å²) in [7, 11) is 3.48. The largest absolute Gasteiger partial charge is 0.496 e. The average Bonchev–Trinajstić information content (AvgIpc) is 2.59. The molecule has 0 amide bonds. The summed E-state index contributed by atoms with van der Waals surface area (Å²) < 4.78 is 5.29. The average molecular weight is 439 g/mol. The number of aryl methyl sites for hydroxylation is 1. The maximum absolute atomic E-state index is 5.29. The van der Waals surface area contributed by atoms with Crippen molar-refractivity contribution in [2.24, 2.45) is 4.99 Å². The van der Waals surface area contributed by atoms with Crippen molar-refractivity contribution in [2.75, 3.05) is 20.7 Å². The number of nitrogens with one attached hydrogen (secondary N) is 2. The summed E-state index contributed by atoms with van der Waals surface area (Å²) >= 11 is 0. The van der Waals surface area contributed by atoms with Gasteiger partial charge in [-0.2, -0.15) is 0 Å². The lowest BCUT2D eigenvalue weighted by Gasteiger charge is -2.13. The van der Waals surface area contributed by atoms with Gasteiger partial charge in [0, 0.05) is 20.1 Å². The fourth-order valence-corrected chi connectivity index (χ4v) is 2.43. The van der Waals surface area contributed by atoms with Gasteiger partial charge in [0.2, 0.25) is 0 Å². The Morgan fingerprint density at radius 1 is 1.04 bits per heavy atom. The monoisotopic (exact) mass is 439 g/mol. The van der Waals surface area contributed by atoms with E-state index in [-0.39, 0.29) is 24.0 Å². The summed E-state index contributed by atoms with van der Waals surface area (Å²) in [5.41, 5.74) is 3.66. The number of nitrogens with zero attached hydrogens (tertiary/aromatic N) is 1. The van der Waals surface area contributed by atoms with Gasteiger partial charge in [-0.05, 0) is 36.1 Å². The molecule has 0 saturated carbocycles. The van der Waals surface area contributed by atoms with Crippen LogP contribution in [0.4, 0.5) is 0 Å². The van der Waals surface area contributed by atoms with E-state index in [4.69, 9.17) is 4.74 Å². The number of aliphatic imine (C=N–C) groups is 1. The lowest BCUT2D eigenvalue weighted by Crippen LogP contribution is -2.37. The van der Waals surface area contributed by atoms with Crippen LogP contribution in [0, 0.1) is 6.92 Å². The normalized spacial score (nSPS) is 10.7. The van der Waals surface area contributed by atoms with Gasteiger partial charge < -0.3 is 15.4 Å². The van der Waals surface area contributed by atoms with Crippen LogP contribution in [0.1, 0.15) is 16.7 Å². The van der Waals surface area contributed by atoms with Crippen molar-refractivity contribution in [1.29, 1.82) is 0 Å². The maximum atomic E-state index is 5.29. The topological polar surface area (TPSA) is 45.7 Å². The number of halogens is 1. The molecule has 0 heterocycles. The first-order valence-corrected chi connectivity index (χ1v) is 7.85. The van der Waals surface area contributed by atoms with Crippen molar-refractivity contribution >= 4 is 29.9 Å². The lowest BCUT2D eigenvalue weighted by molar-refractivity contribution is 0.411. The minimum Gasteiger partial charge on any atom is -0.496 e. The molecule has 24 heavy (non-hydrogen) atoms. The van der Waals surface area contributed by atoms with Crippen molar-refractivity contribution in [3.8, 4) is 5.75 Å². The second-order valence-corrected chi connectivity index (χ2v) is 5.39. The predicted octanol–water partition coefficient (Wildman–Crippen LogP) is 3.53. The van der Waals surface area contributed by atoms with Gasteiger partial charge >= 0.3 is 0 Å². The molecule has 0 aliphatic rings. The molecule has 4 nitrogen and oxygen atoms in total. The number of rotatable bonds is 6. The van der Waals surface area contributed by atoms with Crippen molar-refractivity contribution in [3.05, 3.63) is 65.2 Å². The molecule has 0 aromatic heterocycles. The third-order valence-corrected chi connectivity index (χ3v) is 3.69. The van der Waals surface area contributed by atoms with E-state index in [1.54, 1.807) is 14.2 Å². The number of hydrogen-bond donors (Lipinski definition) is 2. The zero-order valence-corrected chi connectivity index (χ0v) is 16.8. The number of ether oxygens (including phenoxy) is 1. The SMILES string of the molecule is CN=C(NCCc1ccccc1)NCc1ccc(OC)c(C)c1.I. The standard InChI is InChI=1S/C19H25N3O.HI/c1-15-13-17(9-10-18(15)23-3)14-22-19(20-2)21-12-11-16-7-5-4-6-8-16;/h4-10,13H,11-12,14H2,1-3H3,(H2,20,21,22);1H. The van der Waals surface area contributed by atoms with E-state index in [2.05, 4.69) is 58.9 Å². The van der Waals surface area contributed by atoms with Crippen LogP contribution in [0.25, 0.3) is 0 Å². The molecule has 0 spiro atoms. The Bertz CT molecular complexity index is 644. The summed E-state index contributed by atoms with van der Waals surface area (Å²) in [5.74, 6) is 1.73. The van der Waals surface area contributed by atoms with Gasteiger partial charge in [-0.25, -0.2) is 0 Å². The fraction of sp³-hybridized carbons (Fsp3) is 0.316.